The Labute approximate surface area is 260 Å². The lowest BCUT2D eigenvalue weighted by molar-refractivity contribution is -0.138. The van der Waals surface area contributed by atoms with Gasteiger partial charge >= 0.3 is 17.9 Å². The number of hydrogen-bond acceptors (Lipinski definition) is 3. The minimum Gasteiger partial charge on any atom is -0.481 e. The number of aliphatic carboxylic acids is 3. The highest BCUT2D eigenvalue weighted by Gasteiger charge is 1.98. The Morgan fingerprint density at radius 1 is 0.286 bits per heavy atom. The predicted octanol–water partition coefficient (Wildman–Crippen LogP) is 12.0. The first-order chi connectivity index (χ1) is 20.3. The molecular formula is C36H72O6. The van der Waals surface area contributed by atoms with E-state index in [-0.39, 0.29) is 0 Å². The monoisotopic (exact) mass is 601 g/mol. The van der Waals surface area contributed by atoms with Crippen molar-refractivity contribution in [2.75, 3.05) is 0 Å². The zero-order valence-corrected chi connectivity index (χ0v) is 28.3. The zero-order valence-electron chi connectivity index (χ0n) is 28.3. The molecule has 0 aliphatic carbocycles. The van der Waals surface area contributed by atoms with Crippen LogP contribution in [0.4, 0.5) is 0 Å². The summed E-state index contributed by atoms with van der Waals surface area (Å²) in [6.07, 6.45) is 34.7. The van der Waals surface area contributed by atoms with Crippen molar-refractivity contribution in [2.45, 2.75) is 213 Å². The Bertz CT molecular complexity index is 549. The van der Waals surface area contributed by atoms with Gasteiger partial charge in [-0.1, -0.05) is 175 Å². The van der Waals surface area contributed by atoms with Gasteiger partial charge in [0.2, 0.25) is 0 Å². The van der Waals surface area contributed by atoms with Gasteiger partial charge in [-0.3, -0.25) is 14.4 Å². The number of carbonyl (C=O) groups is 3. The van der Waals surface area contributed by atoms with E-state index in [1.165, 1.54) is 135 Å². The molecule has 0 radical (unpaired) electrons. The quantitative estimate of drug-likeness (QED) is 0.0707. The summed E-state index contributed by atoms with van der Waals surface area (Å²) in [5, 5.41) is 25.1. The van der Waals surface area contributed by atoms with E-state index in [1.54, 1.807) is 0 Å². The molecule has 0 amide bonds. The summed E-state index contributed by atoms with van der Waals surface area (Å²) in [5.74, 6) is -1.99. The molecule has 0 aromatic rings. The second kappa shape index (κ2) is 41.5. The van der Waals surface area contributed by atoms with Gasteiger partial charge in [-0.15, -0.1) is 0 Å². The SMILES string of the molecule is CCCCCCCC(=O)O.CCCCCCCCCC(=O)O.CCCCCCCCCCCCCCCCCC(=O)O. The van der Waals surface area contributed by atoms with E-state index in [4.69, 9.17) is 15.3 Å². The fourth-order valence-corrected chi connectivity index (χ4v) is 4.76. The third-order valence-electron chi connectivity index (χ3n) is 7.48. The summed E-state index contributed by atoms with van der Waals surface area (Å²) in [6, 6.07) is 0. The summed E-state index contributed by atoms with van der Waals surface area (Å²) in [5.41, 5.74) is 0. The van der Waals surface area contributed by atoms with Crippen molar-refractivity contribution in [1.82, 2.24) is 0 Å². The van der Waals surface area contributed by atoms with E-state index in [0.29, 0.717) is 19.3 Å². The Balaban J connectivity index is -0.000000590. The van der Waals surface area contributed by atoms with Gasteiger partial charge in [0.05, 0.1) is 0 Å². The van der Waals surface area contributed by atoms with Crippen molar-refractivity contribution in [2.24, 2.45) is 0 Å². The second-order valence-corrected chi connectivity index (χ2v) is 11.9. The number of carboxylic acids is 3. The molecule has 0 aliphatic rings. The third-order valence-corrected chi connectivity index (χ3v) is 7.48. The lowest BCUT2D eigenvalue weighted by Gasteiger charge is -2.03. The molecule has 0 saturated heterocycles. The van der Waals surface area contributed by atoms with E-state index in [0.717, 1.165) is 38.5 Å². The van der Waals surface area contributed by atoms with Crippen LogP contribution in [0.25, 0.3) is 0 Å². The molecule has 252 valence electrons. The highest BCUT2D eigenvalue weighted by atomic mass is 16.4. The zero-order chi connectivity index (χ0) is 31.9. The topological polar surface area (TPSA) is 112 Å². The molecule has 0 rings (SSSR count). The standard InChI is InChI=1S/C18H36O2.C10H20O2.C8H16O2/c1-2-3-4-5-6-7-8-9-10-11-12-13-14-15-16-17-18(19)20;1-2-3-4-5-6-7-8-9-10(11)12;1-2-3-4-5-6-7-8(9)10/h2-17H2,1H3,(H,19,20);2-9H2,1H3,(H,11,12);2-7H2,1H3,(H,9,10). The van der Waals surface area contributed by atoms with Crippen LogP contribution in [0.2, 0.25) is 0 Å². The molecule has 0 aromatic heterocycles. The normalized spacial score (nSPS) is 10.4. The van der Waals surface area contributed by atoms with E-state index in [9.17, 15) is 14.4 Å². The maximum atomic E-state index is 10.3. The fourth-order valence-electron chi connectivity index (χ4n) is 4.76. The maximum absolute atomic E-state index is 10.3. The van der Waals surface area contributed by atoms with E-state index in [1.807, 2.05) is 0 Å². The van der Waals surface area contributed by atoms with Crippen molar-refractivity contribution in [3.63, 3.8) is 0 Å². The van der Waals surface area contributed by atoms with E-state index >= 15 is 0 Å². The maximum Gasteiger partial charge on any atom is 0.303 e. The lowest BCUT2D eigenvalue weighted by atomic mass is 10.0. The Morgan fingerprint density at radius 3 is 0.571 bits per heavy atom. The van der Waals surface area contributed by atoms with Crippen LogP contribution in [0.3, 0.4) is 0 Å². The first-order valence-corrected chi connectivity index (χ1v) is 18.0. The Morgan fingerprint density at radius 2 is 0.429 bits per heavy atom. The van der Waals surface area contributed by atoms with Crippen LogP contribution in [0.1, 0.15) is 213 Å². The van der Waals surface area contributed by atoms with Gasteiger partial charge in [-0.2, -0.15) is 0 Å². The second-order valence-electron chi connectivity index (χ2n) is 11.9. The van der Waals surface area contributed by atoms with Gasteiger partial charge in [-0.05, 0) is 19.3 Å². The molecule has 0 bridgehead atoms. The summed E-state index contributed by atoms with van der Waals surface area (Å²) in [6.45, 7) is 6.62. The predicted molar refractivity (Wildman–Crippen MR) is 178 cm³/mol. The Kier molecular flexibility index (Phi) is 44.4. The average molecular weight is 601 g/mol. The van der Waals surface area contributed by atoms with Crippen LogP contribution in [0, 0.1) is 0 Å². The first-order valence-electron chi connectivity index (χ1n) is 18.0. The molecule has 3 N–H and O–H groups in total. The molecule has 0 aromatic carbocycles. The Hall–Kier alpha value is -1.59. The number of unbranched alkanes of at least 4 members (excludes halogenated alkanes) is 24. The summed E-state index contributed by atoms with van der Waals surface area (Å²) in [7, 11) is 0. The van der Waals surface area contributed by atoms with Gasteiger partial charge in [-0.25, -0.2) is 0 Å². The van der Waals surface area contributed by atoms with Crippen molar-refractivity contribution < 1.29 is 29.7 Å². The van der Waals surface area contributed by atoms with Gasteiger partial charge in [0.25, 0.3) is 0 Å². The number of carboxylic acid groups (broad SMARTS) is 3. The minimum atomic E-state index is -0.670. The smallest absolute Gasteiger partial charge is 0.303 e. The van der Waals surface area contributed by atoms with Crippen LogP contribution < -0.4 is 0 Å². The van der Waals surface area contributed by atoms with Gasteiger partial charge in [0.15, 0.2) is 0 Å². The summed E-state index contributed by atoms with van der Waals surface area (Å²) in [4.78, 5) is 30.5. The molecule has 0 saturated carbocycles. The molecule has 42 heavy (non-hydrogen) atoms. The van der Waals surface area contributed by atoms with Crippen molar-refractivity contribution in [1.29, 1.82) is 0 Å². The van der Waals surface area contributed by atoms with Crippen molar-refractivity contribution in [3.8, 4) is 0 Å². The molecule has 0 heterocycles. The molecule has 0 fully saturated rings. The van der Waals surface area contributed by atoms with Crippen LogP contribution in [-0.2, 0) is 14.4 Å². The molecule has 0 aliphatic heterocycles. The van der Waals surface area contributed by atoms with Crippen LogP contribution >= 0.6 is 0 Å². The highest BCUT2D eigenvalue weighted by Crippen LogP contribution is 2.14. The lowest BCUT2D eigenvalue weighted by Crippen LogP contribution is -1.93. The molecule has 6 nitrogen and oxygen atoms in total. The fraction of sp³-hybridized carbons (Fsp3) is 0.917. The van der Waals surface area contributed by atoms with Crippen LogP contribution in [-0.4, -0.2) is 33.2 Å². The van der Waals surface area contributed by atoms with Crippen molar-refractivity contribution in [3.05, 3.63) is 0 Å². The molecule has 0 spiro atoms. The highest BCUT2D eigenvalue weighted by molar-refractivity contribution is 5.67. The summed E-state index contributed by atoms with van der Waals surface area (Å²) < 4.78 is 0. The third kappa shape index (κ3) is 54.5. The summed E-state index contributed by atoms with van der Waals surface area (Å²) >= 11 is 0. The van der Waals surface area contributed by atoms with E-state index in [2.05, 4.69) is 20.8 Å². The van der Waals surface area contributed by atoms with Gasteiger partial charge in [0, 0.05) is 19.3 Å². The van der Waals surface area contributed by atoms with Crippen LogP contribution in [0.15, 0.2) is 0 Å². The molecule has 0 unspecified atom stereocenters. The number of hydrogen-bond donors (Lipinski definition) is 3. The number of rotatable bonds is 30. The molecule has 6 heteroatoms. The largest absolute Gasteiger partial charge is 0.481 e. The average Bonchev–Trinajstić information content (AvgIpc) is 2.95. The van der Waals surface area contributed by atoms with E-state index < -0.39 is 17.9 Å². The van der Waals surface area contributed by atoms with Crippen molar-refractivity contribution >= 4 is 17.9 Å². The van der Waals surface area contributed by atoms with Gasteiger partial charge in [0.1, 0.15) is 0 Å². The van der Waals surface area contributed by atoms with Crippen LogP contribution in [0.5, 0.6) is 0 Å². The van der Waals surface area contributed by atoms with Gasteiger partial charge < -0.3 is 15.3 Å². The minimum absolute atomic E-state index is 0.337. The first kappa shape index (κ1) is 44.8. The molecular weight excluding hydrogens is 528 g/mol. The molecule has 0 atom stereocenters.